The summed E-state index contributed by atoms with van der Waals surface area (Å²) < 4.78 is 12.7. The molecule has 1 atom stereocenters. The molecule has 7 nitrogen and oxygen atoms in total. The molecule has 1 fully saturated rings. The van der Waals surface area contributed by atoms with E-state index in [1.54, 1.807) is 18.1 Å². The highest BCUT2D eigenvalue weighted by Crippen LogP contribution is 2.44. The van der Waals surface area contributed by atoms with Crippen molar-refractivity contribution in [2.45, 2.75) is 38.6 Å². The first-order valence-electron chi connectivity index (χ1n) is 12.1. The molecule has 1 aliphatic heterocycles. The van der Waals surface area contributed by atoms with E-state index in [1.165, 1.54) is 7.11 Å². The molecule has 3 aromatic rings. The van der Waals surface area contributed by atoms with Crippen LogP contribution < -0.4 is 4.74 Å². The number of methoxy groups -OCH3 is 2. The number of para-hydroxylation sites is 1. The fourth-order valence-electron chi connectivity index (χ4n) is 4.91. The average molecular weight is 491 g/mol. The summed E-state index contributed by atoms with van der Waals surface area (Å²) in [6.45, 7) is 6.99. The number of aliphatic hydroxyl groups excluding tert-OH is 1. The van der Waals surface area contributed by atoms with Gasteiger partial charge >= 0.3 is 0 Å². The summed E-state index contributed by atoms with van der Waals surface area (Å²) in [5.74, 6) is -1.13. The zero-order valence-electron chi connectivity index (χ0n) is 21.8. The van der Waals surface area contributed by atoms with Gasteiger partial charge in [-0.3, -0.25) is 9.59 Å². The van der Waals surface area contributed by atoms with Crippen LogP contribution in [0.4, 0.5) is 0 Å². The van der Waals surface area contributed by atoms with Crippen LogP contribution >= 0.6 is 0 Å². The number of ether oxygens (including phenoxy) is 2. The van der Waals surface area contributed by atoms with Crippen LogP contribution in [0.2, 0.25) is 0 Å². The van der Waals surface area contributed by atoms with Crippen molar-refractivity contribution in [2.75, 3.05) is 27.4 Å². The Kier molecular flexibility index (Phi) is 6.96. The Morgan fingerprint density at radius 2 is 1.81 bits per heavy atom. The molecular weight excluding hydrogens is 456 g/mol. The van der Waals surface area contributed by atoms with Gasteiger partial charge in [0, 0.05) is 50.0 Å². The second-order valence-corrected chi connectivity index (χ2v) is 10.2. The quantitative estimate of drug-likeness (QED) is 0.220. The third kappa shape index (κ3) is 4.39. The zero-order valence-corrected chi connectivity index (χ0v) is 21.8. The lowest BCUT2D eigenvalue weighted by Gasteiger charge is -2.25. The summed E-state index contributed by atoms with van der Waals surface area (Å²) in [6, 6.07) is 12.7. The minimum Gasteiger partial charge on any atom is -0.507 e. The van der Waals surface area contributed by atoms with E-state index in [0.717, 1.165) is 22.0 Å². The second-order valence-electron chi connectivity index (χ2n) is 10.2. The minimum atomic E-state index is -0.740. The molecule has 0 saturated carbocycles. The van der Waals surface area contributed by atoms with Gasteiger partial charge in [-0.2, -0.15) is 0 Å². The fraction of sp³-hybridized carbons (Fsp3) is 0.379. The molecule has 0 aliphatic carbocycles. The van der Waals surface area contributed by atoms with E-state index in [4.69, 9.17) is 9.47 Å². The third-order valence-corrected chi connectivity index (χ3v) is 6.83. The number of aromatic nitrogens is 1. The molecule has 36 heavy (non-hydrogen) atoms. The van der Waals surface area contributed by atoms with E-state index in [2.05, 4.69) is 20.8 Å². The molecule has 190 valence electrons. The van der Waals surface area contributed by atoms with Crippen LogP contribution in [-0.2, 0) is 26.8 Å². The first kappa shape index (κ1) is 25.5. The topological polar surface area (TPSA) is 81.0 Å². The first-order chi connectivity index (χ1) is 17.1. The Morgan fingerprint density at radius 3 is 2.47 bits per heavy atom. The number of aliphatic hydroxyl groups is 1. The van der Waals surface area contributed by atoms with Gasteiger partial charge in [0.1, 0.15) is 11.5 Å². The molecule has 1 amide bonds. The molecule has 2 aromatic carbocycles. The Balaban J connectivity index is 1.98. The number of fused-ring (bicyclic) bond motifs is 1. The van der Waals surface area contributed by atoms with Crippen molar-refractivity contribution in [2.24, 2.45) is 7.05 Å². The van der Waals surface area contributed by atoms with Crippen molar-refractivity contribution >= 4 is 28.4 Å². The number of ketones is 1. The van der Waals surface area contributed by atoms with Gasteiger partial charge in [0.25, 0.3) is 11.7 Å². The number of likely N-dealkylation sites (tertiary alicyclic amines) is 1. The van der Waals surface area contributed by atoms with Crippen molar-refractivity contribution in [1.29, 1.82) is 0 Å². The predicted octanol–water partition coefficient (Wildman–Crippen LogP) is 4.94. The summed E-state index contributed by atoms with van der Waals surface area (Å²) >= 11 is 0. The molecule has 4 rings (SSSR count). The van der Waals surface area contributed by atoms with E-state index in [9.17, 15) is 14.7 Å². The highest BCUT2D eigenvalue weighted by Gasteiger charge is 2.47. The second kappa shape index (κ2) is 9.82. The van der Waals surface area contributed by atoms with Gasteiger partial charge in [-0.1, -0.05) is 45.0 Å². The van der Waals surface area contributed by atoms with E-state index in [0.29, 0.717) is 30.9 Å². The number of hydrogen-bond donors (Lipinski definition) is 1. The lowest BCUT2D eigenvalue weighted by Crippen LogP contribution is -2.31. The van der Waals surface area contributed by atoms with Crippen LogP contribution in [0, 0.1) is 0 Å². The monoisotopic (exact) mass is 490 g/mol. The molecule has 0 radical (unpaired) electrons. The number of carbonyl (C=O) groups excluding carboxylic acids is 2. The van der Waals surface area contributed by atoms with Gasteiger partial charge in [0.05, 0.1) is 24.3 Å². The van der Waals surface area contributed by atoms with Gasteiger partial charge in [-0.15, -0.1) is 0 Å². The summed E-state index contributed by atoms with van der Waals surface area (Å²) in [6.07, 6.45) is 2.49. The first-order valence-corrected chi connectivity index (χ1v) is 12.1. The van der Waals surface area contributed by atoms with Gasteiger partial charge in [-0.25, -0.2) is 0 Å². The van der Waals surface area contributed by atoms with Crippen LogP contribution in [0.5, 0.6) is 5.75 Å². The van der Waals surface area contributed by atoms with Gasteiger partial charge in [0.2, 0.25) is 0 Å². The maximum atomic E-state index is 13.5. The standard InChI is InChI=1S/C29H34N2O5/c1-29(2,3)18-12-13-23(36-6)20(16-18)26(32)24-25(31(14-9-15-35-5)28(34)27(24)33)21-17-30(4)22-11-8-7-10-19(21)22/h7-8,10-13,16-17,25,32H,9,14-15H2,1-6H3/b26-24+. The average Bonchev–Trinajstić information content (AvgIpc) is 3.31. The summed E-state index contributed by atoms with van der Waals surface area (Å²) in [4.78, 5) is 28.3. The molecule has 1 saturated heterocycles. The predicted molar refractivity (Wildman–Crippen MR) is 140 cm³/mol. The maximum Gasteiger partial charge on any atom is 0.295 e. The number of nitrogens with zero attached hydrogens (tertiary/aromatic N) is 2. The number of hydrogen-bond acceptors (Lipinski definition) is 5. The maximum absolute atomic E-state index is 13.5. The smallest absolute Gasteiger partial charge is 0.295 e. The van der Waals surface area contributed by atoms with Crippen molar-refractivity contribution in [3.05, 3.63) is 70.9 Å². The van der Waals surface area contributed by atoms with Crippen LogP contribution in [0.1, 0.15) is 49.9 Å². The van der Waals surface area contributed by atoms with Crippen molar-refractivity contribution < 1.29 is 24.2 Å². The van der Waals surface area contributed by atoms with Gasteiger partial charge in [-0.05, 0) is 35.6 Å². The van der Waals surface area contributed by atoms with Crippen molar-refractivity contribution in [3.8, 4) is 5.75 Å². The zero-order chi connectivity index (χ0) is 26.2. The Hall–Kier alpha value is -3.58. The number of aryl methyl sites for hydroxylation is 1. The number of amides is 1. The van der Waals surface area contributed by atoms with Gasteiger partial charge < -0.3 is 24.0 Å². The lowest BCUT2D eigenvalue weighted by molar-refractivity contribution is -0.140. The number of carbonyl (C=O) groups is 2. The molecule has 7 heteroatoms. The fourth-order valence-corrected chi connectivity index (χ4v) is 4.91. The molecular formula is C29H34N2O5. The van der Waals surface area contributed by atoms with E-state index in [-0.39, 0.29) is 16.7 Å². The van der Waals surface area contributed by atoms with E-state index >= 15 is 0 Å². The Morgan fingerprint density at radius 1 is 1.08 bits per heavy atom. The highest BCUT2D eigenvalue weighted by molar-refractivity contribution is 6.46. The molecule has 1 aliphatic rings. The summed E-state index contributed by atoms with van der Waals surface area (Å²) in [5.41, 5.74) is 3.01. The molecule has 2 heterocycles. The van der Waals surface area contributed by atoms with Crippen molar-refractivity contribution in [3.63, 3.8) is 0 Å². The van der Waals surface area contributed by atoms with Crippen molar-refractivity contribution in [1.82, 2.24) is 9.47 Å². The van der Waals surface area contributed by atoms with Gasteiger partial charge in [0.15, 0.2) is 0 Å². The Labute approximate surface area is 211 Å². The molecule has 1 N–H and O–H groups in total. The molecule has 0 bridgehead atoms. The normalized spacial score (nSPS) is 17.8. The van der Waals surface area contributed by atoms with E-state index in [1.807, 2.05) is 54.2 Å². The molecule has 1 unspecified atom stereocenters. The minimum absolute atomic E-state index is 0.0677. The highest BCUT2D eigenvalue weighted by atomic mass is 16.5. The number of Topliss-reactive ketones (excluding diaryl/α,β-unsaturated/α-hetero) is 1. The van der Waals surface area contributed by atoms with Crippen LogP contribution in [-0.4, -0.2) is 53.6 Å². The van der Waals surface area contributed by atoms with Crippen LogP contribution in [0.25, 0.3) is 16.7 Å². The largest absolute Gasteiger partial charge is 0.507 e. The van der Waals surface area contributed by atoms with Crippen LogP contribution in [0.15, 0.2) is 54.2 Å². The number of rotatable bonds is 7. The summed E-state index contributed by atoms with van der Waals surface area (Å²) in [7, 11) is 5.05. The van der Waals surface area contributed by atoms with E-state index < -0.39 is 17.7 Å². The van der Waals surface area contributed by atoms with Crippen LogP contribution in [0.3, 0.4) is 0 Å². The molecule has 1 aromatic heterocycles. The lowest BCUT2D eigenvalue weighted by atomic mass is 9.85. The third-order valence-electron chi connectivity index (χ3n) is 6.83. The summed E-state index contributed by atoms with van der Waals surface area (Å²) in [5, 5.41) is 12.6. The molecule has 0 spiro atoms. The Bertz CT molecular complexity index is 1350. The SMILES string of the molecule is COCCCN1C(=O)C(=O)/C(=C(/O)c2cc(C(C)(C)C)ccc2OC)C1c1cn(C)c2ccccc12. The number of benzene rings is 2.